The Morgan fingerprint density at radius 3 is 2.71 bits per heavy atom. The summed E-state index contributed by atoms with van der Waals surface area (Å²) < 4.78 is 7.21. The Morgan fingerprint density at radius 2 is 1.93 bits per heavy atom. The van der Waals surface area contributed by atoms with E-state index < -0.39 is 0 Å². The molecule has 2 aliphatic rings. The predicted octanol–water partition coefficient (Wildman–Crippen LogP) is 7.21. The lowest BCUT2D eigenvalue weighted by Crippen LogP contribution is -2.26. The molecule has 2 unspecified atom stereocenters. The molecule has 2 atom stereocenters. The minimum absolute atomic E-state index is 0.0178. The highest BCUT2D eigenvalue weighted by Gasteiger charge is 2.46. The predicted molar refractivity (Wildman–Crippen MR) is 176 cm³/mol. The monoisotopic (exact) mass is 637 g/mol. The molecular weight excluding hydrogens is 606 g/mol. The van der Waals surface area contributed by atoms with Gasteiger partial charge in [-0.25, -0.2) is 4.68 Å². The Balaban J connectivity index is 1.15. The summed E-state index contributed by atoms with van der Waals surface area (Å²) in [5.41, 5.74) is 6.15. The van der Waals surface area contributed by atoms with E-state index in [1.54, 1.807) is 30.8 Å². The molecule has 0 saturated heterocycles. The molecule has 0 radical (unpaired) electrons. The van der Waals surface area contributed by atoms with Crippen LogP contribution in [0.5, 0.6) is 5.75 Å². The van der Waals surface area contributed by atoms with E-state index in [1.165, 1.54) is 4.88 Å². The van der Waals surface area contributed by atoms with Crippen molar-refractivity contribution in [1.82, 2.24) is 20.1 Å². The Hall–Kier alpha value is -4.47. The van der Waals surface area contributed by atoms with Crippen molar-refractivity contribution in [3.8, 4) is 22.7 Å². The first-order valence-electron chi connectivity index (χ1n) is 15.1. The summed E-state index contributed by atoms with van der Waals surface area (Å²) in [6.07, 6.45) is 10.1. The van der Waals surface area contributed by atoms with Gasteiger partial charge in [0.2, 0.25) is 5.91 Å². The van der Waals surface area contributed by atoms with E-state index >= 15 is 0 Å². The number of methoxy groups -OCH3 is 1. The molecule has 0 aliphatic heterocycles. The van der Waals surface area contributed by atoms with Crippen molar-refractivity contribution in [2.45, 2.75) is 44.6 Å². The topological polar surface area (TPSA) is 98.1 Å². The average molecular weight is 638 g/mol. The maximum Gasteiger partial charge on any atom is 0.254 e. The number of para-hydroxylation sites is 1. The van der Waals surface area contributed by atoms with Gasteiger partial charge in [0, 0.05) is 53.0 Å². The van der Waals surface area contributed by atoms with Crippen molar-refractivity contribution in [3.05, 3.63) is 111 Å². The lowest BCUT2D eigenvalue weighted by atomic mass is 9.95. The molecule has 2 aliphatic carbocycles. The highest BCUT2D eigenvalue weighted by Crippen LogP contribution is 2.51. The Labute approximate surface area is 270 Å². The average Bonchev–Trinajstić information content (AvgIpc) is 3.61. The third-order valence-corrected chi connectivity index (χ3v) is 10.0. The molecule has 1 saturated carbocycles. The lowest BCUT2D eigenvalue weighted by Gasteiger charge is -2.13. The van der Waals surface area contributed by atoms with Crippen LogP contribution in [0.15, 0.2) is 79.3 Å². The summed E-state index contributed by atoms with van der Waals surface area (Å²) >= 11 is 8.04. The van der Waals surface area contributed by atoms with Crippen LogP contribution in [-0.2, 0) is 24.2 Å². The summed E-state index contributed by atoms with van der Waals surface area (Å²) in [7, 11) is 1.59. The first-order valence-corrected chi connectivity index (χ1v) is 16.3. The standard InChI is InChI=1S/C35H32ClN5O3S/c1-44-29-14-13-22(16-28(29)36)32-27(20-41(40-32)23-9-3-2-4-10-23)25-17-26(25)33(42)39-35-31(24-11-5-6-12-30(24)45-35)34(43)38-19-21-8-7-15-37-18-21/h2-4,7-10,13-16,18,20,25-26H,5-6,11-12,17,19H2,1H3,(H,38,43)(H,39,42). The van der Waals surface area contributed by atoms with Gasteiger partial charge in [-0.05, 0) is 79.6 Å². The molecule has 228 valence electrons. The second kappa shape index (κ2) is 12.5. The van der Waals surface area contributed by atoms with Gasteiger partial charge in [-0.2, -0.15) is 5.10 Å². The highest BCUT2D eigenvalue weighted by molar-refractivity contribution is 7.17. The minimum atomic E-state index is -0.240. The molecule has 7 rings (SSSR count). The number of halogens is 1. The molecule has 0 spiro atoms. The number of carbonyl (C=O) groups excluding carboxylic acids is 2. The SMILES string of the molecule is COc1ccc(-c2nn(-c3ccccc3)cc2C2CC2C(=O)Nc2sc3c(c2C(=O)NCc2cccnc2)CCCC3)cc1Cl. The van der Waals surface area contributed by atoms with Crippen LogP contribution in [0.4, 0.5) is 5.00 Å². The number of pyridine rings is 1. The van der Waals surface area contributed by atoms with Crippen LogP contribution in [0, 0.1) is 5.92 Å². The number of hydrogen-bond donors (Lipinski definition) is 2. The van der Waals surface area contributed by atoms with Crippen LogP contribution in [0.3, 0.4) is 0 Å². The number of aryl methyl sites for hydroxylation is 1. The summed E-state index contributed by atoms with van der Waals surface area (Å²) in [4.78, 5) is 32.6. The largest absolute Gasteiger partial charge is 0.495 e. The molecule has 0 bridgehead atoms. The van der Waals surface area contributed by atoms with Gasteiger partial charge in [-0.15, -0.1) is 11.3 Å². The number of nitrogens with zero attached hydrogens (tertiary/aromatic N) is 3. The summed E-state index contributed by atoms with van der Waals surface area (Å²) in [6.45, 7) is 0.374. The van der Waals surface area contributed by atoms with Gasteiger partial charge in [0.05, 0.1) is 29.1 Å². The van der Waals surface area contributed by atoms with Crippen LogP contribution < -0.4 is 15.4 Å². The van der Waals surface area contributed by atoms with Crippen molar-refractivity contribution in [3.63, 3.8) is 0 Å². The van der Waals surface area contributed by atoms with Crippen LogP contribution in [0.2, 0.25) is 5.02 Å². The molecule has 3 aromatic heterocycles. The molecule has 2 N–H and O–H groups in total. The van der Waals surface area contributed by atoms with Crippen molar-refractivity contribution in [2.75, 3.05) is 12.4 Å². The third-order valence-electron chi connectivity index (χ3n) is 8.53. The fourth-order valence-corrected chi connectivity index (χ4v) is 7.66. The second-order valence-corrected chi connectivity index (χ2v) is 13.0. The zero-order valence-electron chi connectivity index (χ0n) is 24.8. The first-order chi connectivity index (χ1) is 22.0. The van der Waals surface area contributed by atoms with Gasteiger partial charge in [0.25, 0.3) is 5.91 Å². The van der Waals surface area contributed by atoms with Gasteiger partial charge in [-0.3, -0.25) is 14.6 Å². The van der Waals surface area contributed by atoms with Gasteiger partial charge in [0.15, 0.2) is 0 Å². The maximum atomic E-state index is 13.8. The molecule has 1 fully saturated rings. The van der Waals surface area contributed by atoms with Gasteiger partial charge in [0.1, 0.15) is 10.8 Å². The van der Waals surface area contributed by atoms with Crippen molar-refractivity contribution in [1.29, 1.82) is 0 Å². The van der Waals surface area contributed by atoms with Gasteiger partial charge in [-0.1, -0.05) is 35.9 Å². The lowest BCUT2D eigenvalue weighted by molar-refractivity contribution is -0.117. The highest BCUT2D eigenvalue weighted by atomic mass is 35.5. The number of anilines is 1. The molecule has 45 heavy (non-hydrogen) atoms. The summed E-state index contributed by atoms with van der Waals surface area (Å²) in [6, 6.07) is 19.3. The normalized spacial score (nSPS) is 16.9. The molecule has 2 aromatic carbocycles. The number of amides is 2. The van der Waals surface area contributed by atoms with E-state index in [2.05, 4.69) is 15.6 Å². The van der Waals surface area contributed by atoms with Gasteiger partial charge >= 0.3 is 0 Å². The van der Waals surface area contributed by atoms with E-state index in [-0.39, 0.29) is 23.7 Å². The van der Waals surface area contributed by atoms with E-state index in [4.69, 9.17) is 21.4 Å². The van der Waals surface area contributed by atoms with Crippen LogP contribution in [0.1, 0.15) is 57.1 Å². The van der Waals surface area contributed by atoms with Crippen molar-refractivity contribution >= 4 is 39.8 Å². The molecule has 8 nitrogen and oxygen atoms in total. The summed E-state index contributed by atoms with van der Waals surface area (Å²) in [5.74, 6) is 0.0916. The Kier molecular flexibility index (Phi) is 8.12. The van der Waals surface area contributed by atoms with Crippen LogP contribution in [-0.4, -0.2) is 33.7 Å². The van der Waals surface area contributed by atoms with Crippen molar-refractivity contribution in [2.24, 2.45) is 5.92 Å². The number of ether oxygens (including phenoxy) is 1. The fourth-order valence-electron chi connectivity index (χ4n) is 6.11. The Bertz CT molecular complexity index is 1870. The van der Waals surface area contributed by atoms with E-state index in [1.807, 2.05) is 71.5 Å². The molecular formula is C35H32ClN5O3S. The number of carbonyl (C=O) groups is 2. The van der Waals surface area contributed by atoms with E-state index in [0.717, 1.165) is 59.3 Å². The smallest absolute Gasteiger partial charge is 0.254 e. The number of hydrogen-bond acceptors (Lipinski definition) is 6. The molecule has 5 aromatic rings. The third kappa shape index (κ3) is 5.98. The fraction of sp³-hybridized carbons (Fsp3) is 0.257. The first kappa shape index (κ1) is 29.3. The number of fused-ring (bicyclic) bond motifs is 1. The molecule has 10 heteroatoms. The number of rotatable bonds is 9. The quantitative estimate of drug-likeness (QED) is 0.178. The number of thiophene rings is 1. The number of aromatic nitrogens is 3. The molecule has 3 heterocycles. The maximum absolute atomic E-state index is 13.8. The zero-order chi connectivity index (χ0) is 30.9. The van der Waals surface area contributed by atoms with Crippen molar-refractivity contribution < 1.29 is 14.3 Å². The van der Waals surface area contributed by atoms with E-state index in [0.29, 0.717) is 34.3 Å². The van der Waals surface area contributed by atoms with Crippen LogP contribution in [0.25, 0.3) is 16.9 Å². The molecule has 2 amide bonds. The minimum Gasteiger partial charge on any atom is -0.495 e. The second-order valence-electron chi connectivity index (χ2n) is 11.5. The zero-order valence-corrected chi connectivity index (χ0v) is 26.3. The van der Waals surface area contributed by atoms with Gasteiger partial charge < -0.3 is 15.4 Å². The van der Waals surface area contributed by atoms with E-state index in [9.17, 15) is 9.59 Å². The Morgan fingerprint density at radius 1 is 1.09 bits per heavy atom. The number of nitrogens with one attached hydrogen (secondary N) is 2. The number of benzene rings is 2. The van der Waals surface area contributed by atoms with Crippen LogP contribution >= 0.6 is 22.9 Å². The summed E-state index contributed by atoms with van der Waals surface area (Å²) in [5, 5.41) is 12.3.